The minimum Gasteiger partial charge on any atom is -0.504 e. The second-order valence-corrected chi connectivity index (χ2v) is 5.27. The molecular formula is C17H17NO3. The SMILES string of the molecule is C=CCn1cc(C2=C(O)C(=O)CC2CO)c2ccccc21. The average molecular weight is 283 g/mol. The Kier molecular flexibility index (Phi) is 3.39. The Bertz CT molecular complexity index is 754. The van der Waals surface area contributed by atoms with Crippen molar-refractivity contribution in [1.82, 2.24) is 4.57 Å². The highest BCUT2D eigenvalue weighted by Gasteiger charge is 2.34. The Morgan fingerprint density at radius 3 is 2.86 bits per heavy atom. The van der Waals surface area contributed by atoms with Crippen LogP contribution in [0.25, 0.3) is 16.5 Å². The molecule has 0 fully saturated rings. The van der Waals surface area contributed by atoms with Crippen molar-refractivity contribution in [2.75, 3.05) is 6.61 Å². The first-order chi connectivity index (χ1) is 10.2. The predicted molar refractivity (Wildman–Crippen MR) is 81.9 cm³/mol. The zero-order valence-corrected chi connectivity index (χ0v) is 11.6. The molecule has 4 heteroatoms. The number of carbonyl (C=O) groups excluding carboxylic acids is 1. The van der Waals surface area contributed by atoms with Crippen LogP contribution >= 0.6 is 0 Å². The number of aliphatic hydroxyl groups is 2. The third-order valence-electron chi connectivity index (χ3n) is 3.98. The molecule has 3 rings (SSSR count). The summed E-state index contributed by atoms with van der Waals surface area (Å²) in [6.45, 7) is 4.25. The van der Waals surface area contributed by atoms with Gasteiger partial charge in [-0.15, -0.1) is 6.58 Å². The number of benzene rings is 1. The van der Waals surface area contributed by atoms with Crippen molar-refractivity contribution >= 4 is 22.3 Å². The first kappa shape index (κ1) is 13.6. The van der Waals surface area contributed by atoms with Gasteiger partial charge in [-0.05, 0) is 6.07 Å². The maximum atomic E-state index is 11.8. The van der Waals surface area contributed by atoms with Crippen molar-refractivity contribution in [1.29, 1.82) is 0 Å². The van der Waals surface area contributed by atoms with E-state index in [1.807, 2.05) is 35.0 Å². The summed E-state index contributed by atoms with van der Waals surface area (Å²) in [5.41, 5.74) is 2.39. The van der Waals surface area contributed by atoms with Gasteiger partial charge >= 0.3 is 0 Å². The van der Waals surface area contributed by atoms with E-state index in [1.165, 1.54) is 0 Å². The molecule has 2 aromatic rings. The summed E-state index contributed by atoms with van der Waals surface area (Å²) in [6, 6.07) is 7.82. The number of hydrogen-bond donors (Lipinski definition) is 2. The highest BCUT2D eigenvalue weighted by molar-refractivity contribution is 6.09. The summed E-state index contributed by atoms with van der Waals surface area (Å²) < 4.78 is 2.02. The maximum absolute atomic E-state index is 11.8. The zero-order chi connectivity index (χ0) is 15.0. The summed E-state index contributed by atoms with van der Waals surface area (Å²) >= 11 is 0. The fraction of sp³-hybridized carbons (Fsp3) is 0.235. The molecule has 1 aromatic carbocycles. The summed E-state index contributed by atoms with van der Waals surface area (Å²) in [5, 5.41) is 20.6. The fourth-order valence-corrected chi connectivity index (χ4v) is 3.02. The first-order valence-corrected chi connectivity index (χ1v) is 6.93. The van der Waals surface area contributed by atoms with Gasteiger partial charge in [-0.3, -0.25) is 4.79 Å². The summed E-state index contributed by atoms with van der Waals surface area (Å²) in [5.74, 6) is -0.847. The van der Waals surface area contributed by atoms with Gasteiger partial charge in [-0.25, -0.2) is 0 Å². The van der Waals surface area contributed by atoms with Crippen LogP contribution in [0, 0.1) is 5.92 Å². The molecule has 1 heterocycles. The summed E-state index contributed by atoms with van der Waals surface area (Å²) in [6.07, 6.45) is 3.88. The van der Waals surface area contributed by atoms with Crippen LogP contribution in [-0.4, -0.2) is 27.2 Å². The van der Waals surface area contributed by atoms with Crippen molar-refractivity contribution in [2.24, 2.45) is 5.92 Å². The molecule has 2 N–H and O–H groups in total. The number of para-hydroxylation sites is 1. The number of carbonyl (C=O) groups is 1. The first-order valence-electron chi connectivity index (χ1n) is 6.93. The van der Waals surface area contributed by atoms with Crippen molar-refractivity contribution in [2.45, 2.75) is 13.0 Å². The molecule has 4 nitrogen and oxygen atoms in total. The standard InChI is InChI=1S/C17H17NO3/c1-2-7-18-9-13(12-5-3-4-6-14(12)18)16-11(10-19)8-15(20)17(16)21/h2-6,9,11,19,21H,1,7-8,10H2. The Balaban J connectivity index is 2.25. The van der Waals surface area contributed by atoms with Crippen molar-refractivity contribution < 1.29 is 15.0 Å². The van der Waals surface area contributed by atoms with Gasteiger partial charge in [-0.1, -0.05) is 24.3 Å². The summed E-state index contributed by atoms with van der Waals surface area (Å²) in [7, 11) is 0. The van der Waals surface area contributed by atoms with E-state index in [9.17, 15) is 15.0 Å². The second-order valence-electron chi connectivity index (χ2n) is 5.27. The Hall–Kier alpha value is -2.33. The van der Waals surface area contributed by atoms with Crippen LogP contribution in [0.2, 0.25) is 0 Å². The van der Waals surface area contributed by atoms with Crippen LogP contribution in [0.5, 0.6) is 0 Å². The van der Waals surface area contributed by atoms with E-state index in [1.54, 1.807) is 6.08 Å². The Morgan fingerprint density at radius 1 is 1.38 bits per heavy atom. The van der Waals surface area contributed by atoms with Gasteiger partial charge in [0.05, 0.1) is 6.61 Å². The number of rotatable bonds is 4. The number of hydrogen-bond acceptors (Lipinski definition) is 3. The quantitative estimate of drug-likeness (QED) is 0.848. The molecule has 1 aliphatic carbocycles. The number of aliphatic hydroxyl groups excluding tert-OH is 2. The average Bonchev–Trinajstić information content (AvgIpc) is 2.99. The van der Waals surface area contributed by atoms with Crippen LogP contribution in [-0.2, 0) is 11.3 Å². The minimum absolute atomic E-state index is 0.147. The van der Waals surface area contributed by atoms with Gasteiger partial charge in [0, 0.05) is 47.1 Å². The minimum atomic E-state index is -0.333. The van der Waals surface area contributed by atoms with Crippen LogP contribution in [0.4, 0.5) is 0 Å². The van der Waals surface area contributed by atoms with Gasteiger partial charge < -0.3 is 14.8 Å². The molecule has 108 valence electrons. The number of allylic oxidation sites excluding steroid dienone is 2. The monoisotopic (exact) mass is 283 g/mol. The number of nitrogens with zero attached hydrogens (tertiary/aromatic N) is 1. The predicted octanol–water partition coefficient (Wildman–Crippen LogP) is 2.68. The van der Waals surface area contributed by atoms with Crippen LogP contribution in [0.3, 0.4) is 0 Å². The van der Waals surface area contributed by atoms with Gasteiger partial charge in [0.1, 0.15) is 0 Å². The fourth-order valence-electron chi connectivity index (χ4n) is 3.02. The van der Waals surface area contributed by atoms with E-state index >= 15 is 0 Å². The third kappa shape index (κ3) is 2.08. The normalized spacial score (nSPS) is 18.7. The van der Waals surface area contributed by atoms with E-state index in [0.717, 1.165) is 16.5 Å². The van der Waals surface area contributed by atoms with Crippen LogP contribution in [0.15, 0.2) is 48.9 Å². The smallest absolute Gasteiger partial charge is 0.198 e. The van der Waals surface area contributed by atoms with Crippen LogP contribution < -0.4 is 0 Å². The number of ketones is 1. The van der Waals surface area contributed by atoms with Gasteiger partial charge in [0.2, 0.25) is 0 Å². The molecule has 0 aliphatic heterocycles. The van der Waals surface area contributed by atoms with Crippen LogP contribution in [0.1, 0.15) is 12.0 Å². The van der Waals surface area contributed by atoms with Gasteiger partial charge in [-0.2, -0.15) is 0 Å². The lowest BCUT2D eigenvalue weighted by Crippen LogP contribution is -2.05. The van der Waals surface area contributed by atoms with E-state index < -0.39 is 0 Å². The largest absolute Gasteiger partial charge is 0.504 e. The Labute approximate surface area is 122 Å². The van der Waals surface area contributed by atoms with Crippen molar-refractivity contribution in [3.05, 3.63) is 54.4 Å². The van der Waals surface area contributed by atoms with E-state index in [0.29, 0.717) is 12.1 Å². The molecule has 21 heavy (non-hydrogen) atoms. The molecule has 1 aliphatic rings. The van der Waals surface area contributed by atoms with Gasteiger partial charge in [0.15, 0.2) is 11.5 Å². The molecule has 0 radical (unpaired) electrons. The molecule has 0 bridgehead atoms. The number of Topliss-reactive ketones (excluding diaryl/α,β-unsaturated/α-hetero) is 1. The highest BCUT2D eigenvalue weighted by atomic mass is 16.3. The molecule has 1 unspecified atom stereocenters. The van der Waals surface area contributed by atoms with E-state index in [-0.39, 0.29) is 30.5 Å². The molecular weight excluding hydrogens is 266 g/mol. The third-order valence-corrected chi connectivity index (χ3v) is 3.98. The summed E-state index contributed by atoms with van der Waals surface area (Å²) in [4.78, 5) is 11.8. The maximum Gasteiger partial charge on any atom is 0.198 e. The lowest BCUT2D eigenvalue weighted by Gasteiger charge is -2.09. The molecule has 1 aromatic heterocycles. The number of aromatic nitrogens is 1. The van der Waals surface area contributed by atoms with Crippen molar-refractivity contribution in [3.8, 4) is 0 Å². The number of fused-ring (bicyclic) bond motifs is 1. The molecule has 0 spiro atoms. The molecule has 1 atom stereocenters. The van der Waals surface area contributed by atoms with Crippen molar-refractivity contribution in [3.63, 3.8) is 0 Å². The molecule has 0 amide bonds. The topological polar surface area (TPSA) is 62.5 Å². The second kappa shape index (κ2) is 5.22. The van der Waals surface area contributed by atoms with Gasteiger partial charge in [0.25, 0.3) is 0 Å². The van der Waals surface area contributed by atoms with E-state index in [4.69, 9.17) is 0 Å². The lowest BCUT2D eigenvalue weighted by molar-refractivity contribution is -0.117. The lowest BCUT2D eigenvalue weighted by atomic mass is 9.95. The Morgan fingerprint density at radius 2 is 2.14 bits per heavy atom. The molecule has 0 saturated carbocycles. The molecule has 0 saturated heterocycles. The van der Waals surface area contributed by atoms with E-state index in [2.05, 4.69) is 6.58 Å². The zero-order valence-electron chi connectivity index (χ0n) is 11.6. The highest BCUT2D eigenvalue weighted by Crippen LogP contribution is 2.39.